The molecule has 0 saturated heterocycles. The predicted octanol–water partition coefficient (Wildman–Crippen LogP) is 3.31. The molecule has 17 heavy (non-hydrogen) atoms. The molecule has 0 N–H and O–H groups in total. The van der Waals surface area contributed by atoms with E-state index in [1.54, 1.807) is 19.1 Å². The van der Waals surface area contributed by atoms with E-state index in [0.717, 1.165) is 11.3 Å². The van der Waals surface area contributed by atoms with Crippen LogP contribution in [0, 0.1) is 0 Å². The summed E-state index contributed by atoms with van der Waals surface area (Å²) < 4.78 is 18.8. The van der Waals surface area contributed by atoms with Gasteiger partial charge in [-0.2, -0.15) is 0 Å². The summed E-state index contributed by atoms with van der Waals surface area (Å²) in [4.78, 5) is 16.3. The third-order valence-electron chi connectivity index (χ3n) is 2.51. The summed E-state index contributed by atoms with van der Waals surface area (Å²) in [6.07, 6.45) is 4.48. The number of carbonyl (C=O) groups excluding carboxylic acids is 1. The molecule has 0 radical (unpaired) electrons. The molecule has 3 nitrogen and oxygen atoms in total. The maximum atomic E-state index is 13.9. The summed E-state index contributed by atoms with van der Waals surface area (Å²) in [5, 5.41) is 0.397. The molecule has 0 spiro atoms. The van der Waals surface area contributed by atoms with Crippen LogP contribution in [0.1, 0.15) is 47.1 Å². The zero-order chi connectivity index (χ0) is 12.5. The Hall–Kier alpha value is -1.23. The Morgan fingerprint density at radius 2 is 2.35 bits per heavy atom. The van der Waals surface area contributed by atoms with Crippen LogP contribution in [0.2, 0.25) is 0 Å². The van der Waals surface area contributed by atoms with E-state index in [9.17, 15) is 9.18 Å². The molecule has 0 bridgehead atoms. The number of allylic oxidation sites excluding steroid dienone is 1. The minimum atomic E-state index is -1.30. The first-order valence-electron chi connectivity index (χ1n) is 5.60. The molecule has 1 heterocycles. The normalized spacial score (nSPS) is 17.4. The highest BCUT2D eigenvalue weighted by molar-refractivity contribution is 7.14. The van der Waals surface area contributed by atoms with Gasteiger partial charge in [0.2, 0.25) is 0 Å². The van der Waals surface area contributed by atoms with Crippen LogP contribution in [0.5, 0.6) is 0 Å². The average Bonchev–Trinajstić information content (AvgIpc) is 2.90. The highest BCUT2D eigenvalue weighted by atomic mass is 32.1. The second-order valence-electron chi connectivity index (χ2n) is 3.92. The van der Waals surface area contributed by atoms with Gasteiger partial charge in [0.05, 0.1) is 12.3 Å². The molecule has 1 aromatic heterocycles. The molecule has 0 aromatic carbocycles. The largest absolute Gasteiger partial charge is 0.462 e. The quantitative estimate of drug-likeness (QED) is 0.775. The van der Waals surface area contributed by atoms with Crippen LogP contribution >= 0.6 is 11.3 Å². The molecular weight excluding hydrogens is 241 g/mol. The lowest BCUT2D eigenvalue weighted by atomic mass is 10.3. The zero-order valence-corrected chi connectivity index (χ0v) is 10.6. The number of carbonyl (C=O) groups is 1. The van der Waals surface area contributed by atoms with E-state index in [4.69, 9.17) is 4.74 Å². The maximum Gasteiger partial charge on any atom is 0.350 e. The van der Waals surface area contributed by atoms with Gasteiger partial charge in [-0.3, -0.25) is 0 Å². The van der Waals surface area contributed by atoms with Crippen molar-refractivity contribution >= 4 is 23.4 Å². The standard InChI is InChI=1S/C12H14FNO2S/c1-3-5-8-9(10(15)16-4-2)17-11(14-8)12(13)6-7-12/h3,5H,4,6-7H2,1-2H3/b5-3+. The SMILES string of the molecule is C/C=C/c1nc(C2(F)CC2)sc1C(=O)OCC. The van der Waals surface area contributed by atoms with Gasteiger partial charge < -0.3 is 4.74 Å². The van der Waals surface area contributed by atoms with E-state index in [1.807, 2.05) is 6.92 Å². The van der Waals surface area contributed by atoms with Crippen molar-refractivity contribution in [3.63, 3.8) is 0 Å². The topological polar surface area (TPSA) is 39.2 Å². The van der Waals surface area contributed by atoms with Crippen molar-refractivity contribution in [3.05, 3.63) is 21.7 Å². The van der Waals surface area contributed by atoms with Gasteiger partial charge >= 0.3 is 5.97 Å². The Balaban J connectivity index is 2.35. The summed E-state index contributed by atoms with van der Waals surface area (Å²) in [6, 6.07) is 0. The fourth-order valence-electron chi connectivity index (χ4n) is 1.46. The first-order chi connectivity index (χ1) is 8.10. The summed E-state index contributed by atoms with van der Waals surface area (Å²) in [6.45, 7) is 3.88. The van der Waals surface area contributed by atoms with Crippen LogP contribution in [0.3, 0.4) is 0 Å². The highest BCUT2D eigenvalue weighted by Crippen LogP contribution is 2.51. The van der Waals surface area contributed by atoms with Gasteiger partial charge in [0.15, 0.2) is 5.67 Å². The van der Waals surface area contributed by atoms with Gasteiger partial charge in [-0.25, -0.2) is 14.2 Å². The van der Waals surface area contributed by atoms with Gasteiger partial charge in [-0.05, 0) is 32.8 Å². The molecule has 1 saturated carbocycles. The Bertz CT molecular complexity index is 463. The minimum Gasteiger partial charge on any atom is -0.462 e. The fourth-order valence-corrected chi connectivity index (χ4v) is 2.55. The summed E-state index contributed by atoms with van der Waals surface area (Å²) >= 11 is 1.11. The van der Waals surface area contributed by atoms with E-state index in [1.165, 1.54) is 0 Å². The number of nitrogens with zero attached hydrogens (tertiary/aromatic N) is 1. The molecule has 0 atom stereocenters. The fraction of sp³-hybridized carbons (Fsp3) is 0.500. The highest BCUT2D eigenvalue weighted by Gasteiger charge is 2.48. The van der Waals surface area contributed by atoms with Crippen molar-refractivity contribution in [2.45, 2.75) is 32.4 Å². The second-order valence-corrected chi connectivity index (χ2v) is 4.92. The molecule has 92 valence electrons. The van der Waals surface area contributed by atoms with Crippen LogP contribution in [0.25, 0.3) is 6.08 Å². The third-order valence-corrected chi connectivity index (χ3v) is 3.74. The van der Waals surface area contributed by atoms with Crippen LogP contribution in [0.15, 0.2) is 6.08 Å². The van der Waals surface area contributed by atoms with Crippen molar-refractivity contribution in [1.82, 2.24) is 4.98 Å². The number of hydrogen-bond acceptors (Lipinski definition) is 4. The van der Waals surface area contributed by atoms with Gasteiger partial charge in [-0.15, -0.1) is 11.3 Å². The first kappa shape index (κ1) is 12.2. The molecule has 1 aromatic rings. The molecule has 1 fully saturated rings. The smallest absolute Gasteiger partial charge is 0.350 e. The van der Waals surface area contributed by atoms with Gasteiger partial charge in [0.25, 0.3) is 0 Å². The Morgan fingerprint density at radius 3 is 2.88 bits per heavy atom. The van der Waals surface area contributed by atoms with E-state index in [-0.39, 0.29) is 0 Å². The van der Waals surface area contributed by atoms with E-state index >= 15 is 0 Å². The number of aromatic nitrogens is 1. The van der Waals surface area contributed by atoms with Gasteiger partial charge in [-0.1, -0.05) is 6.08 Å². The monoisotopic (exact) mass is 255 g/mol. The molecular formula is C12H14FNO2S. The van der Waals surface area contributed by atoms with E-state index in [0.29, 0.717) is 35.0 Å². The lowest BCUT2D eigenvalue weighted by Crippen LogP contribution is -2.03. The Labute approximate surface area is 103 Å². The van der Waals surface area contributed by atoms with Crippen LogP contribution < -0.4 is 0 Å². The zero-order valence-electron chi connectivity index (χ0n) is 9.83. The number of hydrogen-bond donors (Lipinski definition) is 0. The first-order valence-corrected chi connectivity index (χ1v) is 6.42. The predicted molar refractivity (Wildman–Crippen MR) is 64.8 cm³/mol. The van der Waals surface area contributed by atoms with Crippen molar-refractivity contribution in [2.24, 2.45) is 0 Å². The number of esters is 1. The van der Waals surface area contributed by atoms with Crippen LogP contribution in [-0.2, 0) is 10.4 Å². The third kappa shape index (κ3) is 2.39. The van der Waals surface area contributed by atoms with Gasteiger partial charge in [0.1, 0.15) is 9.88 Å². The summed E-state index contributed by atoms with van der Waals surface area (Å²) in [5.41, 5.74) is -0.791. The molecule has 0 aliphatic heterocycles. The molecule has 5 heteroatoms. The molecule has 2 rings (SSSR count). The average molecular weight is 255 g/mol. The minimum absolute atomic E-state index is 0.308. The van der Waals surface area contributed by atoms with Crippen molar-refractivity contribution in [2.75, 3.05) is 6.61 Å². The van der Waals surface area contributed by atoms with Gasteiger partial charge in [0, 0.05) is 0 Å². The number of rotatable bonds is 4. The molecule has 1 aliphatic carbocycles. The van der Waals surface area contributed by atoms with Crippen LogP contribution in [-0.4, -0.2) is 17.6 Å². The lowest BCUT2D eigenvalue weighted by molar-refractivity contribution is 0.0531. The molecule has 0 unspecified atom stereocenters. The lowest BCUT2D eigenvalue weighted by Gasteiger charge is -1.98. The summed E-state index contributed by atoms with van der Waals surface area (Å²) in [7, 11) is 0. The number of alkyl halides is 1. The Morgan fingerprint density at radius 1 is 1.65 bits per heavy atom. The van der Waals surface area contributed by atoms with Crippen LogP contribution in [0.4, 0.5) is 4.39 Å². The maximum absolute atomic E-state index is 13.9. The van der Waals surface area contributed by atoms with Crippen molar-refractivity contribution in [3.8, 4) is 0 Å². The molecule has 1 aliphatic rings. The second kappa shape index (κ2) is 4.56. The number of ether oxygens (including phenoxy) is 1. The Kier molecular flexibility index (Phi) is 3.28. The summed E-state index contributed by atoms with van der Waals surface area (Å²) in [5.74, 6) is -0.423. The molecule has 0 amide bonds. The number of halogens is 1. The van der Waals surface area contributed by atoms with E-state index < -0.39 is 11.6 Å². The van der Waals surface area contributed by atoms with Crippen molar-refractivity contribution in [1.29, 1.82) is 0 Å². The number of thiazole rings is 1. The van der Waals surface area contributed by atoms with Crippen molar-refractivity contribution < 1.29 is 13.9 Å². The van der Waals surface area contributed by atoms with E-state index in [2.05, 4.69) is 4.98 Å².